The zero-order valence-electron chi connectivity index (χ0n) is 5.47. The number of hydrogen-bond donors (Lipinski definition) is 2. The Kier molecular flexibility index (Phi) is 4.21. The Morgan fingerprint density at radius 3 is 1.45 bits per heavy atom. The molecule has 2 nitrogen and oxygen atoms in total. The Labute approximate surface area is 88.0 Å². The van der Waals surface area contributed by atoms with Crippen LogP contribution < -0.4 is 11.5 Å². The van der Waals surface area contributed by atoms with Crippen LogP contribution in [0.5, 0.6) is 0 Å². The molecule has 0 spiro atoms. The third kappa shape index (κ3) is 2.25. The second-order valence-electron chi connectivity index (χ2n) is 1.86. The smallest absolute Gasteiger partial charge is 0.0703 e. The summed E-state index contributed by atoms with van der Waals surface area (Å²) < 4.78 is 1.65. The fraction of sp³-hybridized carbons (Fsp3) is 0. The van der Waals surface area contributed by atoms with E-state index >= 15 is 0 Å². The lowest BCUT2D eigenvalue weighted by atomic mass is 10.3. The summed E-state index contributed by atoms with van der Waals surface area (Å²) in [7, 11) is 0. The standard InChI is InChI=1S/C6H6Br2N2.ClH/c7-3-1-2-4(8)6(10)5(3)9;/h1-2H,9-10H2;1H. The summed E-state index contributed by atoms with van der Waals surface area (Å²) in [6.45, 7) is 0. The van der Waals surface area contributed by atoms with E-state index in [1.807, 2.05) is 12.1 Å². The van der Waals surface area contributed by atoms with E-state index in [1.54, 1.807) is 0 Å². The number of benzene rings is 1. The Balaban J connectivity index is 0.000001000. The van der Waals surface area contributed by atoms with Crippen molar-refractivity contribution < 1.29 is 0 Å². The van der Waals surface area contributed by atoms with Crippen LogP contribution >= 0.6 is 44.3 Å². The zero-order valence-corrected chi connectivity index (χ0v) is 9.46. The van der Waals surface area contributed by atoms with E-state index in [2.05, 4.69) is 31.9 Å². The molecule has 0 unspecified atom stereocenters. The summed E-state index contributed by atoms with van der Waals surface area (Å²) in [4.78, 5) is 0. The van der Waals surface area contributed by atoms with Gasteiger partial charge in [-0.2, -0.15) is 0 Å². The Bertz CT molecular complexity index is 238. The van der Waals surface area contributed by atoms with E-state index in [-0.39, 0.29) is 12.4 Å². The van der Waals surface area contributed by atoms with Gasteiger partial charge in [0.2, 0.25) is 0 Å². The highest BCUT2D eigenvalue weighted by Gasteiger charge is 2.02. The molecule has 0 fully saturated rings. The molecule has 0 saturated carbocycles. The molecule has 0 radical (unpaired) electrons. The topological polar surface area (TPSA) is 52.0 Å². The van der Waals surface area contributed by atoms with Crippen molar-refractivity contribution >= 4 is 55.6 Å². The predicted octanol–water partition coefficient (Wildman–Crippen LogP) is 2.80. The number of rotatable bonds is 0. The number of halogens is 3. The van der Waals surface area contributed by atoms with Crippen LogP contribution in [0.3, 0.4) is 0 Å². The second-order valence-corrected chi connectivity index (χ2v) is 3.57. The summed E-state index contributed by atoms with van der Waals surface area (Å²) in [5.74, 6) is 0. The lowest BCUT2D eigenvalue weighted by Crippen LogP contribution is -1.95. The van der Waals surface area contributed by atoms with E-state index in [4.69, 9.17) is 11.5 Å². The van der Waals surface area contributed by atoms with Crippen LogP contribution in [-0.2, 0) is 0 Å². The third-order valence-electron chi connectivity index (χ3n) is 1.18. The van der Waals surface area contributed by atoms with Crippen molar-refractivity contribution in [2.45, 2.75) is 0 Å². The molecule has 0 aliphatic heterocycles. The molecular formula is C6H7Br2ClN2. The average Bonchev–Trinajstić information content (AvgIpc) is 1.93. The molecule has 0 aliphatic carbocycles. The average molecular weight is 302 g/mol. The van der Waals surface area contributed by atoms with Crippen LogP contribution in [0.4, 0.5) is 11.4 Å². The van der Waals surface area contributed by atoms with Crippen molar-refractivity contribution in [3.8, 4) is 0 Å². The van der Waals surface area contributed by atoms with Crippen LogP contribution in [0.1, 0.15) is 0 Å². The van der Waals surface area contributed by atoms with E-state index in [1.165, 1.54) is 0 Å². The molecule has 0 atom stereocenters. The minimum atomic E-state index is 0. The number of anilines is 2. The van der Waals surface area contributed by atoms with Crippen molar-refractivity contribution in [2.24, 2.45) is 0 Å². The highest BCUT2D eigenvalue weighted by atomic mass is 79.9. The number of hydrogen-bond acceptors (Lipinski definition) is 2. The SMILES string of the molecule is Cl.Nc1c(Br)ccc(Br)c1N. The summed E-state index contributed by atoms with van der Waals surface area (Å²) in [5.41, 5.74) is 12.3. The molecule has 0 amide bonds. The van der Waals surface area contributed by atoms with Gasteiger partial charge in [-0.15, -0.1) is 12.4 Å². The Morgan fingerprint density at radius 2 is 1.18 bits per heavy atom. The molecule has 11 heavy (non-hydrogen) atoms. The minimum absolute atomic E-state index is 0. The zero-order chi connectivity index (χ0) is 7.72. The van der Waals surface area contributed by atoms with E-state index < -0.39 is 0 Å². The first kappa shape index (κ1) is 11.1. The van der Waals surface area contributed by atoms with E-state index in [0.29, 0.717) is 11.4 Å². The molecule has 0 aromatic heterocycles. The highest BCUT2D eigenvalue weighted by molar-refractivity contribution is 9.11. The van der Waals surface area contributed by atoms with Crippen LogP contribution in [0.25, 0.3) is 0 Å². The van der Waals surface area contributed by atoms with Crippen molar-refractivity contribution in [3.05, 3.63) is 21.1 Å². The van der Waals surface area contributed by atoms with Gasteiger partial charge in [-0.25, -0.2) is 0 Å². The van der Waals surface area contributed by atoms with Crippen LogP contribution in [-0.4, -0.2) is 0 Å². The van der Waals surface area contributed by atoms with Gasteiger partial charge >= 0.3 is 0 Å². The van der Waals surface area contributed by atoms with Crippen LogP contribution in [0.15, 0.2) is 21.1 Å². The predicted molar refractivity (Wildman–Crippen MR) is 57.9 cm³/mol. The molecule has 4 N–H and O–H groups in total. The molecular weight excluding hydrogens is 295 g/mol. The van der Waals surface area contributed by atoms with E-state index in [0.717, 1.165) is 8.95 Å². The maximum absolute atomic E-state index is 5.58. The largest absolute Gasteiger partial charge is 0.396 e. The van der Waals surface area contributed by atoms with Gasteiger partial charge in [-0.1, -0.05) is 0 Å². The fourth-order valence-corrected chi connectivity index (χ4v) is 1.27. The highest BCUT2D eigenvalue weighted by Crippen LogP contribution is 2.31. The molecule has 0 bridgehead atoms. The number of nitrogen functional groups attached to an aromatic ring is 2. The molecule has 0 saturated heterocycles. The van der Waals surface area contributed by atoms with Crippen molar-refractivity contribution in [2.75, 3.05) is 11.5 Å². The summed E-state index contributed by atoms with van der Waals surface area (Å²) in [5, 5.41) is 0. The van der Waals surface area contributed by atoms with Gasteiger partial charge in [0.1, 0.15) is 0 Å². The lowest BCUT2D eigenvalue weighted by molar-refractivity contribution is 1.58. The maximum Gasteiger partial charge on any atom is 0.0703 e. The minimum Gasteiger partial charge on any atom is -0.396 e. The quantitative estimate of drug-likeness (QED) is 0.724. The Hall–Kier alpha value is 0.0700. The monoisotopic (exact) mass is 300 g/mol. The van der Waals surface area contributed by atoms with Gasteiger partial charge < -0.3 is 11.5 Å². The van der Waals surface area contributed by atoms with Crippen molar-refractivity contribution in [3.63, 3.8) is 0 Å². The first-order valence-corrected chi connectivity index (χ1v) is 4.20. The van der Waals surface area contributed by atoms with Gasteiger partial charge in [0.05, 0.1) is 11.4 Å². The van der Waals surface area contributed by atoms with Crippen molar-refractivity contribution in [1.29, 1.82) is 0 Å². The summed E-state index contributed by atoms with van der Waals surface area (Å²) in [6.07, 6.45) is 0. The lowest BCUT2D eigenvalue weighted by Gasteiger charge is -2.03. The van der Waals surface area contributed by atoms with Gasteiger partial charge in [0.15, 0.2) is 0 Å². The van der Waals surface area contributed by atoms with Gasteiger partial charge in [-0.05, 0) is 44.0 Å². The molecule has 1 aromatic rings. The molecule has 1 rings (SSSR count). The Morgan fingerprint density at radius 1 is 0.909 bits per heavy atom. The second kappa shape index (κ2) is 4.18. The van der Waals surface area contributed by atoms with Crippen LogP contribution in [0.2, 0.25) is 0 Å². The molecule has 1 aromatic carbocycles. The maximum atomic E-state index is 5.58. The van der Waals surface area contributed by atoms with Crippen LogP contribution in [0, 0.1) is 0 Å². The fourth-order valence-electron chi connectivity index (χ4n) is 0.583. The van der Waals surface area contributed by atoms with Crippen molar-refractivity contribution in [1.82, 2.24) is 0 Å². The molecule has 0 aliphatic rings. The summed E-state index contributed by atoms with van der Waals surface area (Å²) in [6, 6.07) is 3.69. The van der Waals surface area contributed by atoms with Gasteiger partial charge in [-0.3, -0.25) is 0 Å². The first-order valence-electron chi connectivity index (χ1n) is 2.62. The van der Waals surface area contributed by atoms with E-state index in [9.17, 15) is 0 Å². The third-order valence-corrected chi connectivity index (χ3v) is 2.56. The summed E-state index contributed by atoms with van der Waals surface area (Å²) >= 11 is 6.51. The molecule has 62 valence electrons. The normalized spacial score (nSPS) is 8.91. The molecule has 5 heteroatoms. The first-order chi connectivity index (χ1) is 4.63. The van der Waals surface area contributed by atoms with Gasteiger partial charge in [0.25, 0.3) is 0 Å². The number of nitrogens with two attached hydrogens (primary N) is 2. The van der Waals surface area contributed by atoms with Gasteiger partial charge in [0, 0.05) is 8.95 Å². The molecule has 0 heterocycles.